The first-order valence-electron chi connectivity index (χ1n) is 44.0. The van der Waals surface area contributed by atoms with Crippen molar-refractivity contribution in [3.05, 3.63) is 114 Å². The number of rotatable bonds is 47. The maximum absolute atomic E-state index is 16.0. The third kappa shape index (κ3) is 35.4. The highest BCUT2D eigenvalue weighted by Crippen LogP contribution is 2.32. The summed E-state index contributed by atoms with van der Waals surface area (Å²) >= 11 is 1.01. The number of primary amides is 5. The number of ketones is 5. The normalized spacial score (nSPS) is 19.2. The molecule has 0 saturated carbocycles. The van der Waals surface area contributed by atoms with Gasteiger partial charge >= 0.3 is 5.97 Å². The van der Waals surface area contributed by atoms with Gasteiger partial charge in [0.05, 0.1) is 48.5 Å². The number of aliphatic carboxylic acids is 1. The van der Waals surface area contributed by atoms with E-state index in [1.54, 1.807) is 86.0 Å². The van der Waals surface area contributed by atoms with Gasteiger partial charge in [0.2, 0.25) is 76.8 Å². The number of carboxylic acids is 1. The minimum atomic E-state index is -1.95. The summed E-state index contributed by atoms with van der Waals surface area (Å²) in [6.07, 6.45) is -9.25. The summed E-state index contributed by atoms with van der Waals surface area (Å²) in [4.78, 5) is 271. The standard InChI is InChI=1S/C89H120N16O23S.C2H6/c1-49(106)80-88(126)103-69(39-59-47-97-63-13-7-6-12-62(59)63)87(125)99-64(23-25-76(92)114)71(109)43-60(48-129-35-27-65(98-50(2)107)70(108)40-55(83(121)104-80)19-24-75(91)113)85(123)101-67(38-51-16-21-61(22-17-51)128-34-30-90)72(110)41-57(37-52-15-18-53-10-4-5-11-54(53)36-52)86(124)105-89(28-32-127-33-29-89)74(112)44-56(20-26-79(117)118)82(120)102-68(46-78(94)116)73(111)42-58(45-77(93)115)84(122)100-66(81(95)119)14-8-9-31-96-3;1-2/h4-7,10-13,15-18,21-22,36,47,49,55-58,60,64-69,80,96-97,106H,8-9,14,19-20,23-35,37-46,48,90H2,1-3H3,(H2,91,113)(H2,92,114)(H2,93,115)(H2,94,116)(H2,95,119)(H,98,107)(H,99,125)(H,100,122)(H,101,123)(H,102,120)(H,103,126)(H,104,121)(H,105,124)(H,117,118);1-2H3. The van der Waals surface area contributed by atoms with E-state index in [2.05, 4.69) is 52.8 Å². The van der Waals surface area contributed by atoms with E-state index in [0.29, 0.717) is 52.7 Å². The minimum absolute atomic E-state index is 0.0730. The highest BCUT2D eigenvalue weighted by atomic mass is 32.2. The number of ether oxygens (including phenoxy) is 2. The van der Waals surface area contributed by atoms with Crippen molar-refractivity contribution >= 4 is 145 Å². The first-order valence-corrected chi connectivity index (χ1v) is 45.1. The molecule has 3 heterocycles. The van der Waals surface area contributed by atoms with Crippen LogP contribution in [0, 0.1) is 29.6 Å². The number of fused-ring (bicyclic) bond motifs is 2. The van der Waals surface area contributed by atoms with Crippen molar-refractivity contribution in [2.75, 3.05) is 51.5 Å². The molecule has 0 aliphatic carbocycles. The lowest BCUT2D eigenvalue weighted by Crippen LogP contribution is -2.59. The number of carboxylic acid groups (broad SMARTS) is 1. The van der Waals surface area contributed by atoms with E-state index >= 15 is 28.8 Å². The molecule has 40 heteroatoms. The number of nitrogens with two attached hydrogens (primary N) is 6. The molecule has 5 aromatic rings. The highest BCUT2D eigenvalue weighted by molar-refractivity contribution is 7.99. The Balaban J connectivity index is 0.0000131. The lowest BCUT2D eigenvalue weighted by atomic mass is 9.79. The molecule has 131 heavy (non-hydrogen) atoms. The molecular formula is C91H126N16O23S. The molecular weight excluding hydrogens is 1720 g/mol. The summed E-state index contributed by atoms with van der Waals surface area (Å²) in [6.45, 7) is 6.78. The Bertz CT molecular complexity index is 4850. The van der Waals surface area contributed by atoms with Gasteiger partial charge in [-0.05, 0) is 130 Å². The largest absolute Gasteiger partial charge is 0.492 e. The molecule has 4 aromatic carbocycles. The molecule has 13 atom stereocenters. The molecule has 0 radical (unpaired) electrons. The number of aliphatic hydroxyl groups is 1. The average molecular weight is 1840 g/mol. The van der Waals surface area contributed by atoms with Gasteiger partial charge in [-0.15, -0.1) is 0 Å². The number of H-pyrrole nitrogens is 1. The quantitative estimate of drug-likeness (QED) is 0.0231. The van der Waals surface area contributed by atoms with Crippen LogP contribution in [0.3, 0.4) is 0 Å². The van der Waals surface area contributed by atoms with E-state index in [0.717, 1.165) is 36.4 Å². The lowest BCUT2D eigenvalue weighted by molar-refractivity contribution is -0.142. The van der Waals surface area contributed by atoms with Crippen molar-refractivity contribution in [1.29, 1.82) is 0 Å². The number of unbranched alkanes of at least 4 members (excludes halogenated alkanes) is 1. The molecule has 0 spiro atoms. The number of amides is 13. The smallest absolute Gasteiger partial charge is 0.303 e. The monoisotopic (exact) mass is 1840 g/mol. The fraction of sp³-hybridized carbons (Fsp3) is 0.527. The number of hydrogen-bond acceptors (Lipinski definition) is 25. The molecule has 2 fully saturated rings. The topological polar surface area (TPSA) is 663 Å². The molecule has 1 aromatic heterocycles. The maximum atomic E-state index is 16.0. The number of para-hydroxylation sites is 1. The Hall–Kier alpha value is -12.4. The number of Topliss-reactive ketones (excluding diaryl/α,β-unsaturated/α-hetero) is 5. The highest BCUT2D eigenvalue weighted by Gasteiger charge is 2.46. The van der Waals surface area contributed by atoms with Crippen LogP contribution in [-0.4, -0.2) is 232 Å². The van der Waals surface area contributed by atoms with Gasteiger partial charge in [0, 0.05) is 144 Å². The number of carbonyl (C=O) groups is 19. The Morgan fingerprint density at radius 3 is 1.89 bits per heavy atom. The van der Waals surface area contributed by atoms with E-state index in [9.17, 15) is 72.5 Å². The fourth-order valence-electron chi connectivity index (χ4n) is 15.5. The number of benzene rings is 4. The number of aliphatic hydroxyl groups excluding tert-OH is 1. The van der Waals surface area contributed by atoms with Crippen molar-refractivity contribution in [2.24, 2.45) is 64.0 Å². The molecule has 7 rings (SSSR count). The van der Waals surface area contributed by atoms with Crippen LogP contribution in [0.4, 0.5) is 0 Å². The molecule has 13 amide bonds. The van der Waals surface area contributed by atoms with Gasteiger partial charge in [0.1, 0.15) is 36.0 Å². The van der Waals surface area contributed by atoms with Gasteiger partial charge in [-0.1, -0.05) is 86.6 Å². The Labute approximate surface area is 763 Å². The average Bonchev–Trinajstić information content (AvgIpc) is 1.63. The molecule has 24 N–H and O–H groups in total. The second kappa shape index (κ2) is 54.3. The van der Waals surface area contributed by atoms with E-state index in [4.69, 9.17) is 43.9 Å². The van der Waals surface area contributed by atoms with Gasteiger partial charge in [-0.25, -0.2) is 0 Å². The molecule has 2 aliphatic heterocycles. The molecule has 13 unspecified atom stereocenters. The van der Waals surface area contributed by atoms with Crippen LogP contribution in [0.25, 0.3) is 21.7 Å². The van der Waals surface area contributed by atoms with E-state index < -0.39 is 272 Å². The number of hydrogen-bond donors (Lipinski definition) is 18. The van der Waals surface area contributed by atoms with Crippen LogP contribution in [0.5, 0.6) is 5.75 Å². The van der Waals surface area contributed by atoms with Gasteiger partial charge < -0.3 is 107 Å². The zero-order chi connectivity index (χ0) is 96.6. The van der Waals surface area contributed by atoms with Crippen molar-refractivity contribution in [3.8, 4) is 5.75 Å². The maximum Gasteiger partial charge on any atom is 0.303 e. The Morgan fingerprint density at radius 2 is 1.24 bits per heavy atom. The lowest BCUT2D eigenvalue weighted by Gasteiger charge is -2.38. The van der Waals surface area contributed by atoms with E-state index in [1.807, 2.05) is 32.0 Å². The van der Waals surface area contributed by atoms with E-state index in [-0.39, 0.29) is 89.2 Å². The molecule has 714 valence electrons. The Kier molecular flexibility index (Phi) is 44.5. The van der Waals surface area contributed by atoms with Crippen LogP contribution in [0.1, 0.15) is 166 Å². The number of aromatic nitrogens is 1. The van der Waals surface area contributed by atoms with Crippen molar-refractivity contribution < 1.29 is 111 Å². The fourth-order valence-corrected chi connectivity index (χ4v) is 16.7. The minimum Gasteiger partial charge on any atom is -0.492 e. The third-order valence-corrected chi connectivity index (χ3v) is 23.9. The first kappa shape index (κ1) is 107. The summed E-state index contributed by atoms with van der Waals surface area (Å²) in [5, 5.41) is 47.2. The van der Waals surface area contributed by atoms with Gasteiger partial charge in [0.15, 0.2) is 28.9 Å². The van der Waals surface area contributed by atoms with Crippen molar-refractivity contribution in [2.45, 2.75) is 223 Å². The number of thioether (sulfide) groups is 1. The molecule has 2 saturated heterocycles. The van der Waals surface area contributed by atoms with Crippen LogP contribution < -0.4 is 87.0 Å². The zero-order valence-electron chi connectivity index (χ0n) is 74.6. The number of aromatic amines is 1. The number of carbonyl (C=O) groups excluding carboxylic acids is 18. The molecule has 2 aliphatic rings. The van der Waals surface area contributed by atoms with E-state index in [1.165, 1.54) is 0 Å². The van der Waals surface area contributed by atoms with Crippen LogP contribution in [-0.2, 0) is 115 Å². The molecule has 39 nitrogen and oxygen atoms in total. The predicted molar refractivity (Wildman–Crippen MR) is 483 cm³/mol. The van der Waals surface area contributed by atoms with Crippen molar-refractivity contribution in [1.82, 2.24) is 52.8 Å². The van der Waals surface area contributed by atoms with Gasteiger partial charge in [-0.3, -0.25) is 91.1 Å². The SMILES string of the molecule is CC.CNCCCCC(NC(=O)C(CC(N)=O)CC(=O)C(CC(N)=O)NC(=O)C(CCC(=O)O)CC(=O)C1(NC(=O)C(CC(=O)C(Cc2ccc(OCCN)cc2)NC(=O)C2CSCCC(NC(C)=O)C(=O)CC(CCC(N)=O)C(=O)NC(C(C)O)C(=O)NC(Cc3c[nH]c4ccccc34)C(=O)NC(CCC(N)=O)C(=O)C2)Cc2ccc3ccccc3c2)CCOCC1)C(N)=O. The predicted octanol–water partition coefficient (Wildman–Crippen LogP) is 0.208. The van der Waals surface area contributed by atoms with Gasteiger partial charge in [-0.2, -0.15) is 11.8 Å². The molecule has 0 bridgehead atoms. The summed E-state index contributed by atoms with van der Waals surface area (Å²) in [5.41, 5.74) is 33.7. The van der Waals surface area contributed by atoms with Gasteiger partial charge in [0.25, 0.3) is 0 Å². The van der Waals surface area contributed by atoms with Crippen LogP contribution in [0.2, 0.25) is 0 Å². The van der Waals surface area contributed by atoms with Crippen LogP contribution in [0.15, 0.2) is 97.2 Å². The number of nitrogens with one attached hydrogen (secondary N) is 10. The summed E-state index contributed by atoms with van der Waals surface area (Å²) in [5.74, 6) is -26.1. The second-order valence-electron chi connectivity index (χ2n) is 32.8. The van der Waals surface area contributed by atoms with Crippen molar-refractivity contribution in [3.63, 3.8) is 0 Å². The first-order chi connectivity index (χ1) is 62.3. The second-order valence-corrected chi connectivity index (χ2v) is 34.0. The Morgan fingerprint density at radius 1 is 0.618 bits per heavy atom. The zero-order valence-corrected chi connectivity index (χ0v) is 75.4. The summed E-state index contributed by atoms with van der Waals surface area (Å²) in [6, 6.07) is 14.6. The summed E-state index contributed by atoms with van der Waals surface area (Å²) in [7, 11) is 1.71. The third-order valence-electron chi connectivity index (χ3n) is 22.7. The summed E-state index contributed by atoms with van der Waals surface area (Å²) < 4.78 is 11.5. The van der Waals surface area contributed by atoms with Crippen LogP contribution >= 0.6 is 11.8 Å².